The molecule has 1 aromatic carbocycles. The Labute approximate surface area is 180 Å². The van der Waals surface area contributed by atoms with Crippen LogP contribution in [0.1, 0.15) is 27.2 Å². The second-order valence-corrected chi connectivity index (χ2v) is 7.75. The molecule has 1 aliphatic heterocycles. The van der Waals surface area contributed by atoms with E-state index in [4.69, 9.17) is 9.78 Å². The molecule has 1 N–H and O–H groups in total. The SMILES string of the molecule is Cc1onc(-c2cnn(C)c2NCc2ccc(C#N)cc2)c1C(=O)N1CCN(C)CC1. The van der Waals surface area contributed by atoms with E-state index in [2.05, 4.69) is 33.6 Å². The van der Waals surface area contributed by atoms with Crippen molar-refractivity contribution in [3.8, 4) is 17.3 Å². The normalized spacial score (nSPS) is 14.5. The lowest BCUT2D eigenvalue weighted by atomic mass is 10.1. The van der Waals surface area contributed by atoms with Crippen LogP contribution in [0.15, 0.2) is 35.0 Å². The number of carbonyl (C=O) groups excluding carboxylic acids is 1. The van der Waals surface area contributed by atoms with E-state index in [-0.39, 0.29) is 5.91 Å². The summed E-state index contributed by atoms with van der Waals surface area (Å²) in [6.45, 7) is 5.34. The molecule has 1 saturated heterocycles. The molecule has 0 aliphatic carbocycles. The predicted octanol–water partition coefficient (Wildman–Crippen LogP) is 2.25. The van der Waals surface area contributed by atoms with Gasteiger partial charge in [0, 0.05) is 39.8 Å². The Morgan fingerprint density at radius 1 is 1.19 bits per heavy atom. The van der Waals surface area contributed by atoms with Crippen LogP contribution in [-0.2, 0) is 13.6 Å². The number of carbonyl (C=O) groups is 1. The highest BCUT2D eigenvalue weighted by Crippen LogP contribution is 2.32. The average molecular weight is 419 g/mol. The van der Waals surface area contributed by atoms with E-state index >= 15 is 0 Å². The highest BCUT2D eigenvalue weighted by molar-refractivity contribution is 6.01. The first-order chi connectivity index (χ1) is 15.0. The van der Waals surface area contributed by atoms with Crippen molar-refractivity contribution in [1.82, 2.24) is 24.7 Å². The molecule has 0 bridgehead atoms. The van der Waals surface area contributed by atoms with Crippen molar-refractivity contribution in [2.24, 2.45) is 7.05 Å². The monoisotopic (exact) mass is 419 g/mol. The number of anilines is 1. The van der Waals surface area contributed by atoms with Gasteiger partial charge in [0.2, 0.25) is 0 Å². The van der Waals surface area contributed by atoms with E-state index in [1.165, 1.54) is 0 Å². The number of piperazine rings is 1. The number of hydrogen-bond acceptors (Lipinski definition) is 7. The third-order valence-electron chi connectivity index (χ3n) is 5.60. The van der Waals surface area contributed by atoms with Crippen LogP contribution in [0.2, 0.25) is 0 Å². The average Bonchev–Trinajstić information content (AvgIpc) is 3.34. The van der Waals surface area contributed by atoms with Crippen LogP contribution < -0.4 is 5.32 Å². The number of rotatable bonds is 5. The van der Waals surface area contributed by atoms with Crippen molar-refractivity contribution in [3.05, 3.63) is 52.9 Å². The molecule has 4 rings (SSSR count). The number of benzene rings is 1. The lowest BCUT2D eigenvalue weighted by Gasteiger charge is -2.32. The van der Waals surface area contributed by atoms with E-state index < -0.39 is 0 Å². The molecule has 0 unspecified atom stereocenters. The third-order valence-corrected chi connectivity index (χ3v) is 5.60. The molecule has 0 saturated carbocycles. The number of nitrogens with one attached hydrogen (secondary N) is 1. The van der Waals surface area contributed by atoms with Gasteiger partial charge in [0.25, 0.3) is 5.91 Å². The first-order valence-electron chi connectivity index (χ1n) is 10.2. The van der Waals surface area contributed by atoms with Crippen LogP contribution in [0.3, 0.4) is 0 Å². The number of nitriles is 1. The minimum atomic E-state index is -0.0660. The van der Waals surface area contributed by atoms with Crippen LogP contribution in [0, 0.1) is 18.3 Å². The lowest BCUT2D eigenvalue weighted by Crippen LogP contribution is -2.47. The van der Waals surface area contributed by atoms with Gasteiger partial charge in [-0.05, 0) is 31.7 Å². The number of amides is 1. The fourth-order valence-corrected chi connectivity index (χ4v) is 3.68. The van der Waals surface area contributed by atoms with Crippen molar-refractivity contribution >= 4 is 11.7 Å². The summed E-state index contributed by atoms with van der Waals surface area (Å²) in [5, 5.41) is 20.9. The Hall–Kier alpha value is -3.64. The van der Waals surface area contributed by atoms with Gasteiger partial charge in [-0.1, -0.05) is 17.3 Å². The Balaban J connectivity index is 1.59. The van der Waals surface area contributed by atoms with Gasteiger partial charge >= 0.3 is 0 Å². The second kappa shape index (κ2) is 8.62. The summed E-state index contributed by atoms with van der Waals surface area (Å²) < 4.78 is 7.15. The summed E-state index contributed by atoms with van der Waals surface area (Å²) in [6.07, 6.45) is 1.69. The minimum absolute atomic E-state index is 0.0660. The van der Waals surface area contributed by atoms with Gasteiger partial charge in [-0.15, -0.1) is 0 Å². The maximum atomic E-state index is 13.3. The second-order valence-electron chi connectivity index (χ2n) is 7.75. The molecule has 9 heteroatoms. The van der Waals surface area contributed by atoms with Gasteiger partial charge in [0.1, 0.15) is 22.8 Å². The van der Waals surface area contributed by atoms with Crippen molar-refractivity contribution in [2.45, 2.75) is 13.5 Å². The van der Waals surface area contributed by atoms with Gasteiger partial charge in [-0.3, -0.25) is 9.48 Å². The number of aryl methyl sites for hydroxylation is 2. The van der Waals surface area contributed by atoms with Gasteiger partial charge < -0.3 is 19.6 Å². The molecular formula is C22H25N7O2. The van der Waals surface area contributed by atoms with Gasteiger partial charge in [0.15, 0.2) is 0 Å². The Bertz CT molecular complexity index is 1120. The molecule has 31 heavy (non-hydrogen) atoms. The van der Waals surface area contributed by atoms with Crippen LogP contribution in [-0.4, -0.2) is 63.9 Å². The predicted molar refractivity (Wildman–Crippen MR) is 115 cm³/mol. The van der Waals surface area contributed by atoms with E-state index in [1.807, 2.05) is 24.1 Å². The highest BCUT2D eigenvalue weighted by atomic mass is 16.5. The highest BCUT2D eigenvalue weighted by Gasteiger charge is 2.29. The molecule has 1 aliphatic rings. The van der Waals surface area contributed by atoms with Crippen LogP contribution >= 0.6 is 0 Å². The van der Waals surface area contributed by atoms with Crippen molar-refractivity contribution in [1.29, 1.82) is 5.26 Å². The molecule has 3 heterocycles. The lowest BCUT2D eigenvalue weighted by molar-refractivity contribution is 0.0663. The first kappa shape index (κ1) is 20.6. The Morgan fingerprint density at radius 3 is 2.58 bits per heavy atom. The molecule has 9 nitrogen and oxygen atoms in total. The van der Waals surface area contributed by atoms with E-state index in [9.17, 15) is 4.79 Å². The Kier molecular flexibility index (Phi) is 5.73. The zero-order chi connectivity index (χ0) is 22.0. The quantitative estimate of drug-likeness (QED) is 0.676. The number of likely N-dealkylation sites (N-methyl/N-ethyl adjacent to an activating group) is 1. The van der Waals surface area contributed by atoms with E-state index in [1.54, 1.807) is 29.9 Å². The molecule has 0 spiro atoms. The molecule has 0 atom stereocenters. The summed E-state index contributed by atoms with van der Waals surface area (Å²) in [4.78, 5) is 17.3. The van der Waals surface area contributed by atoms with Crippen LogP contribution in [0.4, 0.5) is 5.82 Å². The zero-order valence-corrected chi connectivity index (χ0v) is 17.9. The Morgan fingerprint density at radius 2 is 1.90 bits per heavy atom. The third kappa shape index (κ3) is 4.15. The molecule has 3 aromatic rings. The molecule has 2 aromatic heterocycles. The topological polar surface area (TPSA) is 103 Å². The minimum Gasteiger partial charge on any atom is -0.366 e. The smallest absolute Gasteiger partial charge is 0.259 e. The van der Waals surface area contributed by atoms with E-state index in [0.717, 1.165) is 24.5 Å². The fraction of sp³-hybridized carbons (Fsp3) is 0.364. The number of aromatic nitrogens is 3. The fourth-order valence-electron chi connectivity index (χ4n) is 3.68. The maximum absolute atomic E-state index is 13.3. The molecule has 160 valence electrons. The maximum Gasteiger partial charge on any atom is 0.259 e. The summed E-state index contributed by atoms with van der Waals surface area (Å²) in [5.41, 5.74) is 3.34. The largest absolute Gasteiger partial charge is 0.366 e. The van der Waals surface area contributed by atoms with Crippen molar-refractivity contribution in [3.63, 3.8) is 0 Å². The summed E-state index contributed by atoms with van der Waals surface area (Å²) in [6, 6.07) is 9.51. The molecular weight excluding hydrogens is 394 g/mol. The standard InChI is InChI=1S/C22H25N7O2/c1-15-19(22(30)29-10-8-27(2)9-11-29)20(26-31-15)18-14-25-28(3)21(18)24-13-17-6-4-16(12-23)5-7-17/h4-7,14,24H,8-11,13H2,1-3H3. The van der Waals surface area contributed by atoms with Crippen molar-refractivity contribution in [2.75, 3.05) is 38.5 Å². The zero-order valence-electron chi connectivity index (χ0n) is 17.9. The molecule has 1 fully saturated rings. The first-order valence-corrected chi connectivity index (χ1v) is 10.2. The van der Waals surface area contributed by atoms with E-state index in [0.29, 0.717) is 47.8 Å². The summed E-state index contributed by atoms with van der Waals surface area (Å²) in [5.74, 6) is 1.18. The van der Waals surface area contributed by atoms with Gasteiger partial charge in [-0.2, -0.15) is 10.4 Å². The van der Waals surface area contributed by atoms with Crippen LogP contribution in [0.25, 0.3) is 11.3 Å². The van der Waals surface area contributed by atoms with Crippen molar-refractivity contribution < 1.29 is 9.32 Å². The molecule has 1 amide bonds. The number of hydrogen-bond donors (Lipinski definition) is 1. The van der Waals surface area contributed by atoms with Gasteiger partial charge in [0.05, 0.1) is 23.4 Å². The van der Waals surface area contributed by atoms with Gasteiger partial charge in [-0.25, -0.2) is 0 Å². The van der Waals surface area contributed by atoms with Crippen LogP contribution in [0.5, 0.6) is 0 Å². The number of nitrogens with zero attached hydrogens (tertiary/aromatic N) is 6. The summed E-state index contributed by atoms with van der Waals surface area (Å²) >= 11 is 0. The molecule has 0 radical (unpaired) electrons. The summed E-state index contributed by atoms with van der Waals surface area (Å²) in [7, 11) is 3.89.